The zero-order valence-corrected chi connectivity index (χ0v) is 13.3. The Kier molecular flexibility index (Phi) is 3.96. The zero-order valence-electron chi connectivity index (χ0n) is 12.6. The van der Waals surface area contributed by atoms with Gasteiger partial charge in [-0.1, -0.05) is 23.7 Å². The number of halogens is 1. The average molecular weight is 325 g/mol. The van der Waals surface area contributed by atoms with E-state index in [-0.39, 0.29) is 0 Å². The summed E-state index contributed by atoms with van der Waals surface area (Å²) >= 11 is 5.88. The third-order valence-electron chi connectivity index (χ3n) is 3.45. The summed E-state index contributed by atoms with van der Waals surface area (Å²) in [5, 5.41) is 17.0. The quantitative estimate of drug-likeness (QED) is 0.746. The number of rotatable bonds is 3. The highest BCUT2D eigenvalue weighted by Crippen LogP contribution is 2.29. The van der Waals surface area contributed by atoms with Gasteiger partial charge >= 0.3 is 0 Å². The first-order valence-electron chi connectivity index (χ1n) is 6.87. The van der Waals surface area contributed by atoms with Crippen molar-refractivity contribution in [1.29, 1.82) is 5.26 Å². The fraction of sp³-hybridized carbons (Fsp3) is 0.125. The van der Waals surface area contributed by atoms with Gasteiger partial charge in [0.25, 0.3) is 0 Å². The van der Waals surface area contributed by atoms with Gasteiger partial charge in [0.15, 0.2) is 0 Å². The number of benzene rings is 1. The number of nitrogens with zero attached hydrogens (tertiary/aromatic N) is 5. The zero-order chi connectivity index (χ0) is 16.4. The molecule has 7 heteroatoms. The van der Waals surface area contributed by atoms with Crippen LogP contribution < -0.4 is 5.32 Å². The summed E-state index contributed by atoms with van der Waals surface area (Å²) in [7, 11) is 1.85. The van der Waals surface area contributed by atoms with E-state index in [1.54, 1.807) is 22.9 Å². The minimum atomic E-state index is 0.370. The van der Waals surface area contributed by atoms with Gasteiger partial charge in [-0.2, -0.15) is 10.4 Å². The second-order valence-electron chi connectivity index (χ2n) is 4.99. The molecule has 0 radical (unpaired) electrons. The molecule has 2 aromatic heterocycles. The van der Waals surface area contributed by atoms with Crippen molar-refractivity contribution in [2.45, 2.75) is 6.92 Å². The molecule has 114 valence electrons. The highest BCUT2D eigenvalue weighted by Gasteiger charge is 2.14. The van der Waals surface area contributed by atoms with E-state index in [4.69, 9.17) is 16.9 Å². The lowest BCUT2D eigenvalue weighted by molar-refractivity contribution is 0.779. The highest BCUT2D eigenvalue weighted by atomic mass is 35.5. The van der Waals surface area contributed by atoms with Crippen molar-refractivity contribution >= 4 is 23.2 Å². The minimum absolute atomic E-state index is 0.370. The molecule has 1 aromatic carbocycles. The Hall–Kier alpha value is -2.91. The number of aromatic nitrogens is 4. The maximum atomic E-state index is 8.89. The predicted octanol–water partition coefficient (Wildman–Crippen LogP) is 3.45. The third-order valence-corrected chi connectivity index (χ3v) is 3.66. The summed E-state index contributed by atoms with van der Waals surface area (Å²) in [6.45, 7) is 1.98. The molecular formula is C16H13ClN6. The van der Waals surface area contributed by atoms with Crippen LogP contribution in [0, 0.1) is 18.3 Å². The van der Waals surface area contributed by atoms with Crippen LogP contribution in [0.5, 0.6) is 0 Å². The van der Waals surface area contributed by atoms with Crippen LogP contribution in [0.3, 0.4) is 0 Å². The molecule has 3 aromatic rings. The molecule has 0 fully saturated rings. The van der Waals surface area contributed by atoms with Crippen molar-refractivity contribution in [3.05, 3.63) is 52.9 Å². The van der Waals surface area contributed by atoms with Gasteiger partial charge in [-0.15, -0.1) is 0 Å². The first-order chi connectivity index (χ1) is 11.1. The van der Waals surface area contributed by atoms with E-state index in [2.05, 4.69) is 26.5 Å². The highest BCUT2D eigenvalue weighted by molar-refractivity contribution is 6.29. The molecule has 1 N–H and O–H groups in total. The topological polar surface area (TPSA) is 79.4 Å². The molecule has 0 aliphatic rings. The number of hydrogen-bond donors (Lipinski definition) is 1. The van der Waals surface area contributed by atoms with Crippen LogP contribution in [-0.2, 0) is 7.05 Å². The van der Waals surface area contributed by atoms with Gasteiger partial charge in [-0.3, -0.25) is 4.68 Å². The summed E-state index contributed by atoms with van der Waals surface area (Å²) in [6, 6.07) is 11.1. The van der Waals surface area contributed by atoms with E-state index < -0.39 is 0 Å². The fourth-order valence-electron chi connectivity index (χ4n) is 2.30. The van der Waals surface area contributed by atoms with Crippen LogP contribution in [0.25, 0.3) is 11.3 Å². The van der Waals surface area contributed by atoms with Gasteiger partial charge in [0.05, 0.1) is 17.3 Å². The van der Waals surface area contributed by atoms with Crippen LogP contribution in [0.15, 0.2) is 36.7 Å². The van der Waals surface area contributed by atoms with E-state index in [0.29, 0.717) is 16.5 Å². The summed E-state index contributed by atoms with van der Waals surface area (Å²) in [4.78, 5) is 8.00. The standard InChI is InChI=1S/C16H13ClN6/c1-10-15(12-5-3-11(8-18)4-6-12)22-23(2)16(10)21-14-7-13(17)19-9-20-14/h3-7,9H,1-2H3,(H,19,20,21). The van der Waals surface area contributed by atoms with Crippen molar-refractivity contribution in [2.24, 2.45) is 7.05 Å². The summed E-state index contributed by atoms with van der Waals surface area (Å²) in [5.41, 5.74) is 3.40. The molecule has 0 saturated heterocycles. The largest absolute Gasteiger partial charge is 0.325 e. The molecule has 0 saturated carbocycles. The van der Waals surface area contributed by atoms with Crippen molar-refractivity contribution in [2.75, 3.05) is 5.32 Å². The van der Waals surface area contributed by atoms with Crippen LogP contribution in [0.4, 0.5) is 11.6 Å². The molecule has 0 unspecified atom stereocenters. The van der Waals surface area contributed by atoms with Crippen LogP contribution in [0.2, 0.25) is 5.15 Å². The van der Waals surface area contributed by atoms with E-state index in [9.17, 15) is 0 Å². The summed E-state index contributed by atoms with van der Waals surface area (Å²) < 4.78 is 1.75. The molecule has 0 spiro atoms. The Morgan fingerprint density at radius 1 is 1.22 bits per heavy atom. The average Bonchev–Trinajstić information content (AvgIpc) is 2.83. The number of nitrogens with one attached hydrogen (secondary N) is 1. The number of hydrogen-bond acceptors (Lipinski definition) is 5. The Balaban J connectivity index is 1.97. The van der Waals surface area contributed by atoms with Crippen molar-refractivity contribution in [3.8, 4) is 17.3 Å². The molecule has 0 aliphatic heterocycles. The lowest BCUT2D eigenvalue weighted by Crippen LogP contribution is -2.01. The molecule has 23 heavy (non-hydrogen) atoms. The maximum Gasteiger partial charge on any atom is 0.136 e. The SMILES string of the molecule is Cc1c(-c2ccc(C#N)cc2)nn(C)c1Nc1cc(Cl)ncn1. The van der Waals surface area contributed by atoms with Gasteiger partial charge in [0, 0.05) is 24.2 Å². The summed E-state index contributed by atoms with van der Waals surface area (Å²) in [5.74, 6) is 1.42. The van der Waals surface area contributed by atoms with Gasteiger partial charge in [-0.25, -0.2) is 9.97 Å². The second kappa shape index (κ2) is 6.07. The first kappa shape index (κ1) is 15.0. The molecule has 0 amide bonds. The van der Waals surface area contributed by atoms with E-state index in [0.717, 1.165) is 22.6 Å². The first-order valence-corrected chi connectivity index (χ1v) is 7.25. The predicted molar refractivity (Wildman–Crippen MR) is 88.4 cm³/mol. The molecule has 0 bridgehead atoms. The molecule has 6 nitrogen and oxygen atoms in total. The molecule has 0 aliphatic carbocycles. The smallest absolute Gasteiger partial charge is 0.136 e. The Bertz CT molecular complexity index is 892. The Labute approximate surface area is 138 Å². The van der Waals surface area contributed by atoms with E-state index in [1.807, 2.05) is 26.1 Å². The van der Waals surface area contributed by atoms with Gasteiger partial charge < -0.3 is 5.32 Å². The monoisotopic (exact) mass is 324 g/mol. The molecule has 0 atom stereocenters. The number of aryl methyl sites for hydroxylation is 1. The fourth-order valence-corrected chi connectivity index (χ4v) is 2.45. The number of nitriles is 1. The Morgan fingerprint density at radius 3 is 2.61 bits per heavy atom. The lowest BCUT2D eigenvalue weighted by Gasteiger charge is -2.06. The number of anilines is 2. The lowest BCUT2D eigenvalue weighted by atomic mass is 10.1. The van der Waals surface area contributed by atoms with Gasteiger partial charge in [0.2, 0.25) is 0 Å². The molecule has 3 rings (SSSR count). The maximum absolute atomic E-state index is 8.89. The van der Waals surface area contributed by atoms with Crippen LogP contribution in [-0.4, -0.2) is 19.7 Å². The van der Waals surface area contributed by atoms with E-state index in [1.165, 1.54) is 6.33 Å². The minimum Gasteiger partial charge on any atom is -0.325 e. The van der Waals surface area contributed by atoms with Crippen molar-refractivity contribution in [1.82, 2.24) is 19.7 Å². The van der Waals surface area contributed by atoms with Gasteiger partial charge in [-0.05, 0) is 19.1 Å². The van der Waals surface area contributed by atoms with Crippen LogP contribution in [0.1, 0.15) is 11.1 Å². The van der Waals surface area contributed by atoms with Crippen LogP contribution >= 0.6 is 11.6 Å². The third kappa shape index (κ3) is 3.00. The molecule has 2 heterocycles. The second-order valence-corrected chi connectivity index (χ2v) is 5.37. The van der Waals surface area contributed by atoms with Gasteiger partial charge in [0.1, 0.15) is 23.1 Å². The molecular weight excluding hydrogens is 312 g/mol. The normalized spacial score (nSPS) is 10.3. The van der Waals surface area contributed by atoms with Crippen molar-refractivity contribution < 1.29 is 0 Å². The van der Waals surface area contributed by atoms with Crippen molar-refractivity contribution in [3.63, 3.8) is 0 Å². The summed E-state index contributed by atoms with van der Waals surface area (Å²) in [6.07, 6.45) is 1.40. The Morgan fingerprint density at radius 2 is 1.96 bits per heavy atom. The van der Waals surface area contributed by atoms with E-state index >= 15 is 0 Å².